The number of halogens is 1. The first-order valence-electron chi connectivity index (χ1n) is 6.70. The molecule has 0 radical (unpaired) electrons. The van der Waals surface area contributed by atoms with E-state index < -0.39 is 6.10 Å². The van der Waals surface area contributed by atoms with Crippen molar-refractivity contribution in [1.82, 2.24) is 4.90 Å². The Morgan fingerprint density at radius 1 is 1.05 bits per heavy atom. The number of benzene rings is 1. The molecule has 0 amide bonds. The molecule has 1 fully saturated rings. The van der Waals surface area contributed by atoms with E-state index >= 15 is 0 Å². The van der Waals surface area contributed by atoms with Gasteiger partial charge in [-0.1, -0.05) is 6.07 Å². The van der Waals surface area contributed by atoms with Gasteiger partial charge in [-0.25, -0.2) is 0 Å². The van der Waals surface area contributed by atoms with Gasteiger partial charge in [0.15, 0.2) is 11.5 Å². The maximum Gasteiger partial charge on any atom is 0.161 e. The number of morpholine rings is 1. The highest BCUT2D eigenvalue weighted by molar-refractivity contribution is 5.44. The van der Waals surface area contributed by atoms with Gasteiger partial charge < -0.3 is 31.7 Å². The predicted molar refractivity (Wildman–Crippen MR) is 69.7 cm³/mol. The molecule has 0 aliphatic carbocycles. The highest BCUT2D eigenvalue weighted by atomic mass is 35.5. The van der Waals surface area contributed by atoms with Crippen LogP contribution in [0.25, 0.3) is 0 Å². The number of β-amino-alcohol motifs (C(OH)–C–C–N with tert-alkyl or cyclic N) is 1. The Morgan fingerprint density at radius 2 is 1.75 bits per heavy atom. The van der Waals surface area contributed by atoms with Gasteiger partial charge in [0.2, 0.25) is 0 Å². The van der Waals surface area contributed by atoms with Gasteiger partial charge in [0.25, 0.3) is 0 Å². The van der Waals surface area contributed by atoms with E-state index in [-0.39, 0.29) is 12.4 Å². The molecule has 0 aromatic heterocycles. The van der Waals surface area contributed by atoms with Gasteiger partial charge in [-0.3, -0.25) is 4.90 Å². The third-order valence-corrected chi connectivity index (χ3v) is 3.49. The molecule has 1 aromatic carbocycles. The molecule has 1 atom stereocenters. The van der Waals surface area contributed by atoms with Crippen LogP contribution in [0, 0.1) is 0 Å². The summed E-state index contributed by atoms with van der Waals surface area (Å²) in [4.78, 5) is 2.21. The minimum absolute atomic E-state index is 0. The number of aliphatic hydroxyl groups is 1. The molecule has 3 rings (SSSR count). The van der Waals surface area contributed by atoms with E-state index in [1.807, 2.05) is 18.2 Å². The van der Waals surface area contributed by atoms with Gasteiger partial charge in [-0.05, 0) is 17.7 Å². The molecule has 1 N–H and O–H groups in total. The maximum atomic E-state index is 10.3. The lowest BCUT2D eigenvalue weighted by atomic mass is 10.1. The molecule has 1 unspecified atom stereocenters. The van der Waals surface area contributed by atoms with E-state index in [1.54, 1.807) is 0 Å². The third kappa shape index (κ3) is 3.55. The van der Waals surface area contributed by atoms with Gasteiger partial charge >= 0.3 is 0 Å². The minimum atomic E-state index is -0.506. The van der Waals surface area contributed by atoms with E-state index in [2.05, 4.69) is 4.90 Å². The average Bonchev–Trinajstić information content (AvgIpc) is 2.48. The predicted octanol–water partition coefficient (Wildman–Crippen LogP) is -2.17. The zero-order valence-corrected chi connectivity index (χ0v) is 12.0. The van der Waals surface area contributed by atoms with E-state index in [0.29, 0.717) is 19.8 Å². The van der Waals surface area contributed by atoms with Crippen LogP contribution in [0.15, 0.2) is 18.2 Å². The Morgan fingerprint density at radius 3 is 2.50 bits per heavy atom. The van der Waals surface area contributed by atoms with E-state index in [1.165, 1.54) is 0 Å². The summed E-state index contributed by atoms with van der Waals surface area (Å²) in [6.07, 6.45) is -0.506. The average molecular weight is 301 g/mol. The summed E-state index contributed by atoms with van der Waals surface area (Å²) in [5.41, 5.74) is 0.871. The van der Waals surface area contributed by atoms with Crippen molar-refractivity contribution in [2.45, 2.75) is 6.10 Å². The summed E-state index contributed by atoms with van der Waals surface area (Å²) >= 11 is 0. The van der Waals surface area contributed by atoms with Crippen molar-refractivity contribution in [3.8, 4) is 11.5 Å². The van der Waals surface area contributed by atoms with Crippen LogP contribution < -0.4 is 21.9 Å². The molecule has 112 valence electrons. The zero-order valence-electron chi connectivity index (χ0n) is 11.3. The summed E-state index contributed by atoms with van der Waals surface area (Å²) in [6, 6.07) is 5.64. The Kier molecular flexibility index (Phi) is 5.48. The molecule has 2 aliphatic heterocycles. The SMILES string of the molecule is OC(CN1CCOCC1)c1ccc2c(c1)OCCO2.[Cl-]. The van der Waals surface area contributed by atoms with Gasteiger partial charge in [-0.2, -0.15) is 0 Å². The molecule has 0 saturated carbocycles. The zero-order chi connectivity index (χ0) is 13.1. The van der Waals surface area contributed by atoms with Crippen molar-refractivity contribution < 1.29 is 31.7 Å². The molecular weight excluding hydrogens is 282 g/mol. The smallest absolute Gasteiger partial charge is 0.161 e. The molecule has 5 nitrogen and oxygen atoms in total. The van der Waals surface area contributed by atoms with Gasteiger partial charge in [0.05, 0.1) is 19.3 Å². The summed E-state index contributed by atoms with van der Waals surface area (Å²) in [5, 5.41) is 10.3. The van der Waals surface area contributed by atoms with Crippen LogP contribution in [0.3, 0.4) is 0 Å². The van der Waals surface area contributed by atoms with Gasteiger partial charge in [0, 0.05) is 19.6 Å². The second-order valence-electron chi connectivity index (χ2n) is 4.83. The van der Waals surface area contributed by atoms with Crippen molar-refractivity contribution in [1.29, 1.82) is 0 Å². The molecule has 0 spiro atoms. The number of hydrogen-bond donors (Lipinski definition) is 1. The van der Waals surface area contributed by atoms with Crippen molar-refractivity contribution in [2.75, 3.05) is 46.1 Å². The maximum absolute atomic E-state index is 10.3. The van der Waals surface area contributed by atoms with Crippen LogP contribution in [0.1, 0.15) is 11.7 Å². The largest absolute Gasteiger partial charge is 1.00 e. The number of rotatable bonds is 3. The normalized spacial score (nSPS) is 20.1. The molecule has 6 heteroatoms. The monoisotopic (exact) mass is 300 g/mol. The topological polar surface area (TPSA) is 51.2 Å². The quantitative estimate of drug-likeness (QED) is 0.688. The molecular formula is C14H19ClNO4-. The van der Waals surface area contributed by atoms with Gasteiger partial charge in [0.1, 0.15) is 13.2 Å². The highest BCUT2D eigenvalue weighted by Crippen LogP contribution is 2.32. The number of nitrogens with zero attached hydrogens (tertiary/aromatic N) is 1. The molecule has 0 bridgehead atoms. The number of hydrogen-bond acceptors (Lipinski definition) is 5. The van der Waals surface area contributed by atoms with Crippen molar-refractivity contribution in [3.05, 3.63) is 23.8 Å². The van der Waals surface area contributed by atoms with E-state index in [9.17, 15) is 5.11 Å². The van der Waals surface area contributed by atoms with E-state index in [0.717, 1.165) is 43.4 Å². The van der Waals surface area contributed by atoms with E-state index in [4.69, 9.17) is 14.2 Å². The van der Waals surface area contributed by atoms with Crippen LogP contribution >= 0.6 is 0 Å². The Bertz CT molecular complexity index is 437. The number of ether oxygens (including phenoxy) is 3. The fourth-order valence-corrected chi connectivity index (χ4v) is 2.40. The first-order valence-corrected chi connectivity index (χ1v) is 6.70. The van der Waals surface area contributed by atoms with Crippen LogP contribution in [0.5, 0.6) is 11.5 Å². The van der Waals surface area contributed by atoms with Crippen molar-refractivity contribution in [2.24, 2.45) is 0 Å². The van der Waals surface area contributed by atoms with Crippen LogP contribution in [-0.2, 0) is 4.74 Å². The second-order valence-corrected chi connectivity index (χ2v) is 4.83. The molecule has 20 heavy (non-hydrogen) atoms. The molecule has 1 saturated heterocycles. The number of fused-ring (bicyclic) bond motifs is 1. The fraction of sp³-hybridized carbons (Fsp3) is 0.571. The third-order valence-electron chi connectivity index (χ3n) is 3.49. The molecule has 2 heterocycles. The molecule has 2 aliphatic rings. The fourth-order valence-electron chi connectivity index (χ4n) is 2.40. The summed E-state index contributed by atoms with van der Waals surface area (Å²) < 4.78 is 16.3. The lowest BCUT2D eigenvalue weighted by molar-refractivity contribution is -0.0000165. The summed E-state index contributed by atoms with van der Waals surface area (Å²) in [7, 11) is 0. The summed E-state index contributed by atoms with van der Waals surface area (Å²) in [5.74, 6) is 1.48. The Labute approximate surface area is 124 Å². The van der Waals surface area contributed by atoms with Gasteiger partial charge in [-0.15, -0.1) is 0 Å². The second kappa shape index (κ2) is 7.13. The van der Waals surface area contributed by atoms with Crippen LogP contribution in [-0.4, -0.2) is 56.1 Å². The lowest BCUT2D eigenvalue weighted by Gasteiger charge is -2.29. The minimum Gasteiger partial charge on any atom is -1.00 e. The standard InChI is InChI=1S/C14H19NO4.ClH/c16-12(10-15-3-5-17-6-4-15)11-1-2-13-14(9-11)19-8-7-18-13;/h1-2,9,12,16H,3-8,10H2;1H/p-1. The van der Waals surface area contributed by atoms with Crippen LogP contribution in [0.2, 0.25) is 0 Å². The lowest BCUT2D eigenvalue weighted by Crippen LogP contribution is -3.00. The molecule has 1 aromatic rings. The van der Waals surface area contributed by atoms with Crippen LogP contribution in [0.4, 0.5) is 0 Å². The first-order chi connectivity index (χ1) is 9.33. The summed E-state index contributed by atoms with van der Waals surface area (Å²) in [6.45, 7) is 5.02. The highest BCUT2D eigenvalue weighted by Gasteiger charge is 2.19. The van der Waals surface area contributed by atoms with Crippen molar-refractivity contribution in [3.63, 3.8) is 0 Å². The number of aliphatic hydroxyl groups excluding tert-OH is 1. The Hall–Kier alpha value is -1.01. The first kappa shape index (κ1) is 15.4. The van der Waals surface area contributed by atoms with Crippen molar-refractivity contribution >= 4 is 0 Å². The Balaban J connectivity index is 0.00000147.